The zero-order chi connectivity index (χ0) is 17.0. The quantitative estimate of drug-likeness (QED) is 0.392. The van der Waals surface area contributed by atoms with Gasteiger partial charge in [-0.25, -0.2) is 18.0 Å². The van der Waals surface area contributed by atoms with Crippen LogP contribution in [-0.4, -0.2) is 5.97 Å². The van der Waals surface area contributed by atoms with Crippen LogP contribution in [-0.2, 0) is 16.1 Å². The van der Waals surface area contributed by atoms with E-state index in [0.717, 1.165) is 24.3 Å². The van der Waals surface area contributed by atoms with Crippen LogP contribution in [0, 0.1) is 17.5 Å². The zero-order valence-electron chi connectivity index (χ0n) is 11.9. The van der Waals surface area contributed by atoms with Gasteiger partial charge in [-0.3, -0.25) is 0 Å². The fourth-order valence-corrected chi connectivity index (χ4v) is 1.87. The summed E-state index contributed by atoms with van der Waals surface area (Å²) in [5, 5.41) is 0. The number of ether oxygens (including phenoxy) is 1. The molecule has 2 aromatic carbocycles. The van der Waals surface area contributed by atoms with Gasteiger partial charge >= 0.3 is 5.97 Å². The molecule has 0 heterocycles. The van der Waals surface area contributed by atoms with E-state index < -0.39 is 23.4 Å². The van der Waals surface area contributed by atoms with E-state index in [4.69, 9.17) is 16.2 Å². The van der Waals surface area contributed by atoms with E-state index >= 15 is 0 Å². The highest BCUT2D eigenvalue weighted by molar-refractivity contribution is 5.87. The molecule has 0 saturated heterocycles. The number of hydrogen-bond donors (Lipinski definition) is 2. The average Bonchev–Trinajstić information content (AvgIpc) is 2.47. The van der Waals surface area contributed by atoms with Crippen LogP contribution in [0.3, 0.4) is 0 Å². The Hall–Kier alpha value is -2.96. The first-order valence-corrected chi connectivity index (χ1v) is 6.49. The average molecular weight is 322 g/mol. The highest BCUT2D eigenvalue weighted by atomic mass is 19.2. The molecule has 4 N–H and O–H groups in total. The normalized spacial score (nSPS) is 10.9. The molecule has 0 aliphatic rings. The molecule has 2 rings (SSSR count). The molecule has 0 amide bonds. The van der Waals surface area contributed by atoms with Crippen LogP contribution in [0.1, 0.15) is 11.1 Å². The second-order valence-corrected chi connectivity index (χ2v) is 4.75. The number of carbonyl (C=O) groups excluding carboxylic acids is 1. The molecule has 0 bridgehead atoms. The molecule has 7 heteroatoms. The van der Waals surface area contributed by atoms with Crippen LogP contribution >= 0.6 is 0 Å². The SMILES string of the molecule is Nc1cc(N)cc(COC(=O)C=Cc2cc(F)c(F)c(F)c2)c1. The Morgan fingerprint density at radius 2 is 1.57 bits per heavy atom. The lowest BCUT2D eigenvalue weighted by molar-refractivity contribution is -0.138. The van der Waals surface area contributed by atoms with E-state index in [0.29, 0.717) is 16.9 Å². The van der Waals surface area contributed by atoms with Crippen molar-refractivity contribution in [1.29, 1.82) is 0 Å². The van der Waals surface area contributed by atoms with Crippen LogP contribution in [0.4, 0.5) is 24.5 Å². The summed E-state index contributed by atoms with van der Waals surface area (Å²) < 4.78 is 43.8. The van der Waals surface area contributed by atoms with Crippen molar-refractivity contribution in [3.8, 4) is 0 Å². The van der Waals surface area contributed by atoms with E-state index in [1.807, 2.05) is 0 Å². The van der Waals surface area contributed by atoms with Crippen molar-refractivity contribution < 1.29 is 22.7 Å². The van der Waals surface area contributed by atoms with Gasteiger partial charge in [0.15, 0.2) is 17.5 Å². The van der Waals surface area contributed by atoms with E-state index in [-0.39, 0.29) is 12.2 Å². The lowest BCUT2D eigenvalue weighted by atomic mass is 10.2. The Kier molecular flexibility index (Phi) is 4.90. The van der Waals surface area contributed by atoms with Gasteiger partial charge in [0, 0.05) is 17.5 Å². The van der Waals surface area contributed by atoms with Gasteiger partial charge in [-0.05, 0) is 47.5 Å². The van der Waals surface area contributed by atoms with Crippen molar-refractivity contribution >= 4 is 23.4 Å². The van der Waals surface area contributed by atoms with Crippen molar-refractivity contribution in [2.45, 2.75) is 6.61 Å². The van der Waals surface area contributed by atoms with Gasteiger partial charge < -0.3 is 16.2 Å². The number of carbonyl (C=O) groups is 1. The van der Waals surface area contributed by atoms with E-state index in [1.165, 1.54) is 0 Å². The summed E-state index contributed by atoms with van der Waals surface area (Å²) in [6, 6.07) is 6.28. The standard InChI is InChI=1S/C16H13F3N2O2/c17-13-5-9(6-14(18)16(13)19)1-2-15(22)23-8-10-3-11(20)7-12(21)4-10/h1-7H,8,20-21H2. The number of hydrogen-bond acceptors (Lipinski definition) is 4. The molecule has 0 atom stereocenters. The maximum atomic E-state index is 13.0. The topological polar surface area (TPSA) is 78.3 Å². The van der Waals surface area contributed by atoms with E-state index in [1.54, 1.807) is 18.2 Å². The maximum Gasteiger partial charge on any atom is 0.331 e. The molecular weight excluding hydrogens is 309 g/mol. The molecule has 120 valence electrons. The largest absolute Gasteiger partial charge is 0.458 e. The van der Waals surface area contributed by atoms with E-state index in [2.05, 4.69) is 0 Å². The highest BCUT2D eigenvalue weighted by Crippen LogP contribution is 2.16. The lowest BCUT2D eigenvalue weighted by Crippen LogP contribution is -2.02. The molecule has 0 radical (unpaired) electrons. The summed E-state index contributed by atoms with van der Waals surface area (Å²) in [6.45, 7) is -0.0649. The van der Waals surface area contributed by atoms with Crippen LogP contribution in [0.2, 0.25) is 0 Å². The molecule has 0 fully saturated rings. The Labute approximate surface area is 130 Å². The highest BCUT2D eigenvalue weighted by Gasteiger charge is 2.09. The maximum absolute atomic E-state index is 13.0. The van der Waals surface area contributed by atoms with Gasteiger partial charge in [0.1, 0.15) is 6.61 Å². The van der Waals surface area contributed by atoms with Gasteiger partial charge in [-0.15, -0.1) is 0 Å². The predicted molar refractivity (Wildman–Crippen MR) is 80.4 cm³/mol. The summed E-state index contributed by atoms with van der Waals surface area (Å²) in [7, 11) is 0. The number of esters is 1. The second-order valence-electron chi connectivity index (χ2n) is 4.75. The molecule has 0 aliphatic carbocycles. The molecule has 4 nitrogen and oxygen atoms in total. The first-order chi connectivity index (χ1) is 10.8. The summed E-state index contributed by atoms with van der Waals surface area (Å²) in [5.74, 6) is -4.98. The Morgan fingerprint density at radius 3 is 2.13 bits per heavy atom. The fourth-order valence-electron chi connectivity index (χ4n) is 1.87. The van der Waals surface area contributed by atoms with Gasteiger partial charge in [-0.1, -0.05) is 0 Å². The number of anilines is 2. The molecule has 23 heavy (non-hydrogen) atoms. The molecule has 0 unspecified atom stereocenters. The van der Waals surface area contributed by atoms with Crippen molar-refractivity contribution in [2.24, 2.45) is 0 Å². The fraction of sp³-hybridized carbons (Fsp3) is 0.0625. The lowest BCUT2D eigenvalue weighted by Gasteiger charge is -2.05. The third kappa shape index (κ3) is 4.50. The zero-order valence-corrected chi connectivity index (χ0v) is 11.9. The molecular formula is C16H13F3N2O2. The summed E-state index contributed by atoms with van der Waals surface area (Å²) >= 11 is 0. The molecule has 0 aromatic heterocycles. The number of benzene rings is 2. The number of nitrogens with two attached hydrogens (primary N) is 2. The van der Waals surface area contributed by atoms with Crippen molar-refractivity contribution in [2.75, 3.05) is 11.5 Å². The van der Waals surface area contributed by atoms with E-state index in [9.17, 15) is 18.0 Å². The molecule has 2 aromatic rings. The summed E-state index contributed by atoms with van der Waals surface area (Å²) in [4.78, 5) is 11.6. The smallest absolute Gasteiger partial charge is 0.331 e. The van der Waals surface area contributed by atoms with Gasteiger partial charge in [0.05, 0.1) is 0 Å². The third-order valence-corrected chi connectivity index (χ3v) is 2.84. The monoisotopic (exact) mass is 322 g/mol. The van der Waals surface area contributed by atoms with Gasteiger partial charge in [0.2, 0.25) is 0 Å². The minimum atomic E-state index is -1.57. The molecule has 0 spiro atoms. The van der Waals surface area contributed by atoms with Crippen molar-refractivity contribution in [1.82, 2.24) is 0 Å². The third-order valence-electron chi connectivity index (χ3n) is 2.84. The molecule has 0 saturated carbocycles. The number of nitrogen functional groups attached to an aromatic ring is 2. The first kappa shape index (κ1) is 16.4. The van der Waals surface area contributed by atoms with Crippen LogP contribution < -0.4 is 11.5 Å². The predicted octanol–water partition coefficient (Wildman–Crippen LogP) is 3.02. The molecule has 0 aliphatic heterocycles. The van der Waals surface area contributed by atoms with Gasteiger partial charge in [-0.2, -0.15) is 0 Å². The van der Waals surface area contributed by atoms with Crippen LogP contribution in [0.25, 0.3) is 6.08 Å². The van der Waals surface area contributed by atoms with Crippen molar-refractivity contribution in [3.05, 3.63) is 65.0 Å². The Morgan fingerprint density at radius 1 is 1.00 bits per heavy atom. The second kappa shape index (κ2) is 6.87. The minimum Gasteiger partial charge on any atom is -0.458 e. The Bertz CT molecular complexity index is 733. The summed E-state index contributed by atoms with van der Waals surface area (Å²) in [6.07, 6.45) is 2.09. The number of halogens is 3. The first-order valence-electron chi connectivity index (χ1n) is 6.49. The van der Waals surface area contributed by atoms with Crippen LogP contribution in [0.15, 0.2) is 36.4 Å². The van der Waals surface area contributed by atoms with Crippen LogP contribution in [0.5, 0.6) is 0 Å². The minimum absolute atomic E-state index is 0.00782. The van der Waals surface area contributed by atoms with Gasteiger partial charge in [0.25, 0.3) is 0 Å². The number of rotatable bonds is 4. The van der Waals surface area contributed by atoms with Crippen molar-refractivity contribution in [3.63, 3.8) is 0 Å². The Balaban J connectivity index is 1.99. The summed E-state index contributed by atoms with van der Waals surface area (Å²) in [5.41, 5.74) is 12.7.